The van der Waals surface area contributed by atoms with Gasteiger partial charge in [0.15, 0.2) is 0 Å². The number of benzene rings is 2. The molecule has 12 nitrogen and oxygen atoms in total. The van der Waals surface area contributed by atoms with E-state index < -0.39 is 47.4 Å². The van der Waals surface area contributed by atoms with Crippen LogP contribution in [0.5, 0.6) is 0 Å². The van der Waals surface area contributed by atoms with Crippen LogP contribution in [0.2, 0.25) is 0 Å². The molecule has 0 aliphatic rings. The fraction of sp³-hybridized carbons (Fsp3) is 0.371. The van der Waals surface area contributed by atoms with Crippen LogP contribution in [0.15, 0.2) is 60.9 Å². The topological polar surface area (TPSA) is 155 Å². The summed E-state index contributed by atoms with van der Waals surface area (Å²) in [4.78, 5) is 76.8. The Balaban J connectivity index is 1.53. The number of esters is 2. The largest absolute Gasteiger partial charge is 0.467 e. The van der Waals surface area contributed by atoms with Crippen molar-refractivity contribution in [3.05, 3.63) is 72.1 Å². The normalized spacial score (nSPS) is 12.6. The lowest BCUT2D eigenvalue weighted by Crippen LogP contribution is -2.47. The molecule has 2 N–H and O–H groups in total. The van der Waals surface area contributed by atoms with Gasteiger partial charge in [0.2, 0.25) is 0 Å². The molecule has 2 atom stereocenters. The molecule has 248 valence electrons. The van der Waals surface area contributed by atoms with Crippen molar-refractivity contribution in [3.63, 3.8) is 0 Å². The highest BCUT2D eigenvalue weighted by Crippen LogP contribution is 2.25. The van der Waals surface area contributed by atoms with Crippen LogP contribution in [0.1, 0.15) is 54.8 Å². The van der Waals surface area contributed by atoms with Gasteiger partial charge in [-0.2, -0.15) is 0 Å². The predicted molar refractivity (Wildman–Crippen MR) is 175 cm³/mol. The van der Waals surface area contributed by atoms with Gasteiger partial charge in [0, 0.05) is 47.3 Å². The maximum atomic E-state index is 13.3. The Kier molecular flexibility index (Phi) is 11.0. The number of methoxy groups -OCH3 is 2. The third-order valence-electron chi connectivity index (χ3n) is 8.09. The molecule has 0 bridgehead atoms. The Labute approximate surface area is 272 Å². The Morgan fingerprint density at radius 3 is 1.32 bits per heavy atom. The van der Waals surface area contributed by atoms with Crippen LogP contribution in [0.3, 0.4) is 0 Å². The summed E-state index contributed by atoms with van der Waals surface area (Å²) in [5.74, 6) is -5.16. The van der Waals surface area contributed by atoms with Crippen LogP contribution in [0.4, 0.5) is 0 Å². The minimum absolute atomic E-state index is 0.211. The zero-order valence-electron chi connectivity index (χ0n) is 27.4. The SMILES string of the molecule is COC(=O)[C@@H](NC(=O)C(=O)c1cn(CCCn2cc(C(=O)C(=O)N[C@H](C(=O)OC)C(C)C)c3ccccc32)c2ccccc12)C(C)C. The molecule has 0 aliphatic heterocycles. The number of nitrogens with zero attached hydrogens (tertiary/aromatic N) is 2. The second kappa shape index (κ2) is 14.9. The van der Waals surface area contributed by atoms with E-state index >= 15 is 0 Å². The third-order valence-corrected chi connectivity index (χ3v) is 8.09. The summed E-state index contributed by atoms with van der Waals surface area (Å²) in [6.45, 7) is 7.91. The van der Waals surface area contributed by atoms with E-state index in [1.54, 1.807) is 64.4 Å². The van der Waals surface area contributed by atoms with E-state index in [0.29, 0.717) is 30.3 Å². The number of ketones is 2. The van der Waals surface area contributed by atoms with E-state index in [1.165, 1.54) is 14.2 Å². The van der Waals surface area contributed by atoms with Gasteiger partial charge in [0.05, 0.1) is 25.3 Å². The molecule has 2 aromatic heterocycles. The number of Topliss-reactive ketones (excluding diaryl/α,β-unsaturated/α-hetero) is 2. The lowest BCUT2D eigenvalue weighted by molar-refractivity contribution is -0.146. The zero-order valence-corrected chi connectivity index (χ0v) is 27.4. The number of aryl methyl sites for hydroxylation is 2. The van der Waals surface area contributed by atoms with Crippen LogP contribution in [0.25, 0.3) is 21.8 Å². The van der Waals surface area contributed by atoms with Crippen molar-refractivity contribution >= 4 is 57.1 Å². The molecule has 4 aromatic rings. The summed E-state index contributed by atoms with van der Waals surface area (Å²) in [6, 6.07) is 12.5. The second-order valence-corrected chi connectivity index (χ2v) is 12.0. The smallest absolute Gasteiger partial charge is 0.328 e. The van der Waals surface area contributed by atoms with E-state index in [9.17, 15) is 28.8 Å². The van der Waals surface area contributed by atoms with E-state index in [0.717, 1.165) is 11.0 Å². The quantitative estimate of drug-likeness (QED) is 0.120. The maximum absolute atomic E-state index is 13.3. The van der Waals surface area contributed by atoms with Gasteiger partial charge >= 0.3 is 11.9 Å². The van der Waals surface area contributed by atoms with E-state index in [2.05, 4.69) is 10.6 Å². The lowest BCUT2D eigenvalue weighted by Gasteiger charge is -2.19. The van der Waals surface area contributed by atoms with E-state index in [1.807, 2.05) is 33.4 Å². The van der Waals surface area contributed by atoms with Gasteiger partial charge < -0.3 is 29.2 Å². The lowest BCUT2D eigenvalue weighted by atomic mass is 10.0. The number of fused-ring (bicyclic) bond motifs is 2. The Bertz CT molecular complexity index is 1700. The highest BCUT2D eigenvalue weighted by molar-refractivity contribution is 6.45. The first-order chi connectivity index (χ1) is 22.4. The Morgan fingerprint density at radius 1 is 0.617 bits per heavy atom. The van der Waals surface area contributed by atoms with Crippen molar-refractivity contribution in [2.24, 2.45) is 11.8 Å². The van der Waals surface area contributed by atoms with Crippen LogP contribution in [-0.4, -0.2) is 70.8 Å². The fourth-order valence-corrected chi connectivity index (χ4v) is 5.54. The van der Waals surface area contributed by atoms with Crippen molar-refractivity contribution in [2.45, 2.75) is 59.3 Å². The standard InChI is InChI=1S/C35H40N4O8/c1-20(2)28(34(44)46-5)36-32(42)30(40)24-18-38(26-14-9-7-12-22(24)26)16-11-17-39-19-25(23-13-8-10-15-27(23)39)31(41)33(43)37-29(21(3)4)35(45)47-6/h7-10,12-15,18-21,28-29H,11,16-17H2,1-6H3,(H,36,42)(H,37,43)/t28-,29-/m0/s1. The van der Waals surface area contributed by atoms with E-state index in [-0.39, 0.29) is 23.0 Å². The molecule has 0 saturated heterocycles. The molecule has 0 aliphatic carbocycles. The predicted octanol–water partition coefficient (Wildman–Crippen LogP) is 3.68. The van der Waals surface area contributed by atoms with Gasteiger partial charge in [0.1, 0.15) is 12.1 Å². The number of aromatic nitrogens is 2. The summed E-state index contributed by atoms with van der Waals surface area (Å²) in [6.07, 6.45) is 3.84. The third kappa shape index (κ3) is 7.43. The van der Waals surface area contributed by atoms with Crippen molar-refractivity contribution in [1.29, 1.82) is 0 Å². The highest BCUT2D eigenvalue weighted by atomic mass is 16.5. The zero-order chi connectivity index (χ0) is 34.4. The molecule has 2 amide bonds. The minimum Gasteiger partial charge on any atom is -0.467 e. The summed E-state index contributed by atoms with van der Waals surface area (Å²) in [5, 5.41) is 6.22. The molecule has 0 radical (unpaired) electrons. The number of amides is 2. The summed E-state index contributed by atoms with van der Waals surface area (Å²) in [5.41, 5.74) is 1.93. The summed E-state index contributed by atoms with van der Waals surface area (Å²) >= 11 is 0. The second-order valence-electron chi connectivity index (χ2n) is 12.0. The average Bonchev–Trinajstić information content (AvgIpc) is 3.62. The first-order valence-corrected chi connectivity index (χ1v) is 15.4. The number of para-hydroxylation sites is 2. The van der Waals surface area contributed by atoms with Gasteiger partial charge in [-0.1, -0.05) is 64.1 Å². The average molecular weight is 645 g/mol. The molecule has 12 heteroatoms. The number of carbonyl (C=O) groups excluding carboxylic acids is 6. The maximum Gasteiger partial charge on any atom is 0.328 e. The van der Waals surface area contributed by atoms with Crippen LogP contribution < -0.4 is 10.6 Å². The molecule has 0 unspecified atom stereocenters. The molecule has 2 heterocycles. The first-order valence-electron chi connectivity index (χ1n) is 15.4. The first kappa shape index (κ1) is 34.6. The van der Waals surface area contributed by atoms with Gasteiger partial charge in [-0.05, 0) is 30.4 Å². The fourth-order valence-electron chi connectivity index (χ4n) is 5.54. The molecular weight excluding hydrogens is 604 g/mol. The van der Waals surface area contributed by atoms with Crippen molar-refractivity contribution in [2.75, 3.05) is 14.2 Å². The van der Waals surface area contributed by atoms with Crippen molar-refractivity contribution < 1.29 is 38.2 Å². The summed E-state index contributed by atoms with van der Waals surface area (Å²) in [7, 11) is 2.45. The number of hydrogen-bond donors (Lipinski definition) is 2. The van der Waals surface area contributed by atoms with Gasteiger partial charge in [-0.25, -0.2) is 9.59 Å². The van der Waals surface area contributed by atoms with Crippen LogP contribution in [0, 0.1) is 11.8 Å². The molecule has 4 rings (SSSR count). The van der Waals surface area contributed by atoms with Crippen molar-refractivity contribution in [3.8, 4) is 0 Å². The van der Waals surface area contributed by atoms with Crippen LogP contribution >= 0.6 is 0 Å². The van der Waals surface area contributed by atoms with Gasteiger partial charge in [0.25, 0.3) is 23.4 Å². The number of carbonyl (C=O) groups is 6. The van der Waals surface area contributed by atoms with Crippen molar-refractivity contribution in [1.82, 2.24) is 19.8 Å². The molecule has 0 spiro atoms. The number of rotatable bonds is 14. The van der Waals surface area contributed by atoms with Gasteiger partial charge in [-0.3, -0.25) is 19.2 Å². The van der Waals surface area contributed by atoms with E-state index in [4.69, 9.17) is 9.47 Å². The highest BCUT2D eigenvalue weighted by Gasteiger charge is 2.31. The Morgan fingerprint density at radius 2 is 0.979 bits per heavy atom. The monoisotopic (exact) mass is 644 g/mol. The molecule has 47 heavy (non-hydrogen) atoms. The molecule has 0 saturated carbocycles. The van der Waals surface area contributed by atoms with Crippen LogP contribution in [-0.2, 0) is 41.7 Å². The minimum atomic E-state index is -0.964. The Hall–Kier alpha value is -5.26. The molecular formula is C35H40N4O8. The number of hydrogen-bond acceptors (Lipinski definition) is 8. The molecule has 0 fully saturated rings. The van der Waals surface area contributed by atoms with Gasteiger partial charge in [-0.15, -0.1) is 0 Å². The number of nitrogens with one attached hydrogen (secondary N) is 2. The summed E-state index contributed by atoms with van der Waals surface area (Å²) < 4.78 is 13.3. The molecule has 2 aromatic carbocycles. The number of ether oxygens (including phenoxy) is 2.